The number of hydrogen-bond donors (Lipinski definition) is 1. The zero-order chi connectivity index (χ0) is 19.0. The minimum Gasteiger partial charge on any atom is -0.394 e. The fourth-order valence-corrected chi connectivity index (χ4v) is 4.39. The maximum Gasteiger partial charge on any atom is 0.189 e. The van der Waals surface area contributed by atoms with Crippen molar-refractivity contribution >= 4 is 22.9 Å². The lowest BCUT2D eigenvalue weighted by atomic mass is 10.2. The summed E-state index contributed by atoms with van der Waals surface area (Å²) in [6.07, 6.45) is 2.82. The molecule has 2 aromatic rings. The molecule has 4 rings (SSSR count). The number of rotatable bonds is 7. The number of hydrogen-bond acceptors (Lipinski definition) is 9. The summed E-state index contributed by atoms with van der Waals surface area (Å²) >= 11 is 1.62. The van der Waals surface area contributed by atoms with Crippen molar-refractivity contribution in [2.75, 3.05) is 19.0 Å². The molecule has 2 aliphatic rings. The lowest BCUT2D eigenvalue weighted by molar-refractivity contribution is -0.171. The highest BCUT2D eigenvalue weighted by Gasteiger charge is 2.56. The SMILES string of the molecule is CCCSc1ncc2nnn([C@@H]3C[C@H](OCCO)[C@H]4OC(C)(C)O[C@H]43)c2n1. The van der Waals surface area contributed by atoms with E-state index >= 15 is 0 Å². The van der Waals surface area contributed by atoms with Crippen molar-refractivity contribution < 1.29 is 19.3 Å². The molecule has 3 heterocycles. The van der Waals surface area contributed by atoms with E-state index in [1.807, 2.05) is 18.5 Å². The number of fused-ring (bicyclic) bond motifs is 2. The molecule has 1 saturated heterocycles. The first kappa shape index (κ1) is 19.0. The smallest absolute Gasteiger partial charge is 0.189 e. The van der Waals surface area contributed by atoms with Crippen LogP contribution in [0.15, 0.2) is 11.4 Å². The molecule has 0 radical (unpaired) electrons. The Morgan fingerprint density at radius 2 is 2.19 bits per heavy atom. The van der Waals surface area contributed by atoms with Crippen molar-refractivity contribution in [2.45, 2.75) is 68.9 Å². The molecule has 0 spiro atoms. The molecule has 9 nitrogen and oxygen atoms in total. The Morgan fingerprint density at radius 1 is 1.37 bits per heavy atom. The predicted molar refractivity (Wildman–Crippen MR) is 98.4 cm³/mol. The summed E-state index contributed by atoms with van der Waals surface area (Å²) in [7, 11) is 0. The molecule has 1 N–H and O–H groups in total. The first-order chi connectivity index (χ1) is 13.0. The minimum absolute atomic E-state index is 0.0275. The molecule has 0 aromatic carbocycles. The molecule has 10 heteroatoms. The zero-order valence-corrected chi connectivity index (χ0v) is 16.6. The van der Waals surface area contributed by atoms with Crippen LogP contribution in [0.5, 0.6) is 0 Å². The van der Waals surface area contributed by atoms with Gasteiger partial charge in [0.05, 0.1) is 31.6 Å². The lowest BCUT2D eigenvalue weighted by Gasteiger charge is -2.23. The van der Waals surface area contributed by atoms with E-state index in [1.165, 1.54) is 0 Å². The van der Waals surface area contributed by atoms with Gasteiger partial charge >= 0.3 is 0 Å². The first-order valence-corrected chi connectivity index (χ1v) is 10.3. The summed E-state index contributed by atoms with van der Waals surface area (Å²) in [5, 5.41) is 18.4. The Kier molecular flexibility index (Phi) is 5.34. The van der Waals surface area contributed by atoms with E-state index < -0.39 is 5.79 Å². The third kappa shape index (κ3) is 3.68. The molecular formula is C17H25N5O4S. The summed E-state index contributed by atoms with van der Waals surface area (Å²) in [5.74, 6) is 0.270. The summed E-state index contributed by atoms with van der Waals surface area (Å²) in [6.45, 7) is 6.16. The zero-order valence-electron chi connectivity index (χ0n) is 15.7. The maximum absolute atomic E-state index is 9.12. The molecule has 27 heavy (non-hydrogen) atoms. The van der Waals surface area contributed by atoms with Crippen molar-refractivity contribution in [2.24, 2.45) is 0 Å². The highest BCUT2D eigenvalue weighted by molar-refractivity contribution is 7.99. The molecule has 4 atom stereocenters. The average molecular weight is 395 g/mol. The number of aromatic nitrogens is 5. The van der Waals surface area contributed by atoms with Crippen LogP contribution in [-0.4, -0.2) is 73.1 Å². The lowest BCUT2D eigenvalue weighted by Crippen LogP contribution is -2.31. The van der Waals surface area contributed by atoms with Crippen LogP contribution >= 0.6 is 11.8 Å². The Labute approximate surface area is 161 Å². The maximum atomic E-state index is 9.12. The van der Waals surface area contributed by atoms with Crippen LogP contribution in [0.2, 0.25) is 0 Å². The number of thioether (sulfide) groups is 1. The van der Waals surface area contributed by atoms with Crippen molar-refractivity contribution in [3.63, 3.8) is 0 Å². The molecule has 0 bridgehead atoms. The summed E-state index contributed by atoms with van der Waals surface area (Å²) in [5.41, 5.74) is 1.36. The first-order valence-electron chi connectivity index (χ1n) is 9.31. The van der Waals surface area contributed by atoms with E-state index in [-0.39, 0.29) is 37.6 Å². The number of nitrogens with zero attached hydrogens (tertiary/aromatic N) is 5. The van der Waals surface area contributed by atoms with Gasteiger partial charge in [-0.15, -0.1) is 5.10 Å². The van der Waals surface area contributed by atoms with Crippen LogP contribution in [0.3, 0.4) is 0 Å². The van der Waals surface area contributed by atoms with Gasteiger partial charge in [-0.1, -0.05) is 23.9 Å². The third-order valence-corrected chi connectivity index (χ3v) is 5.82. The fourth-order valence-electron chi connectivity index (χ4n) is 3.73. The van der Waals surface area contributed by atoms with Gasteiger partial charge in [-0.05, 0) is 20.3 Å². The van der Waals surface area contributed by atoms with E-state index in [1.54, 1.807) is 18.0 Å². The fraction of sp³-hybridized carbons (Fsp3) is 0.765. The molecule has 1 aliphatic heterocycles. The van der Waals surface area contributed by atoms with Crippen LogP contribution in [0.25, 0.3) is 11.2 Å². The Bertz CT molecular complexity index is 801. The van der Waals surface area contributed by atoms with Crippen LogP contribution in [-0.2, 0) is 14.2 Å². The normalized spacial score (nSPS) is 29.5. The second-order valence-corrected chi connectivity index (χ2v) is 8.31. The molecule has 1 aliphatic carbocycles. The Hall–Kier alpha value is -1.33. The largest absolute Gasteiger partial charge is 0.394 e. The monoisotopic (exact) mass is 395 g/mol. The van der Waals surface area contributed by atoms with Crippen molar-refractivity contribution in [1.29, 1.82) is 0 Å². The van der Waals surface area contributed by atoms with Gasteiger partial charge in [-0.25, -0.2) is 14.6 Å². The third-order valence-electron chi connectivity index (χ3n) is 4.75. The van der Waals surface area contributed by atoms with Gasteiger partial charge in [-0.2, -0.15) is 0 Å². The van der Waals surface area contributed by atoms with Crippen molar-refractivity contribution in [3.8, 4) is 0 Å². The molecule has 2 aromatic heterocycles. The van der Waals surface area contributed by atoms with E-state index in [4.69, 9.17) is 19.3 Å². The molecule has 148 valence electrons. The minimum atomic E-state index is -0.692. The summed E-state index contributed by atoms with van der Waals surface area (Å²) in [6, 6.07) is -0.107. The standard InChI is InChI=1S/C17H25N5O4S/c1-4-7-27-16-18-9-10-15(19-16)22(21-20-10)11-8-12(24-6-5-23)14-13(11)25-17(2,3)26-14/h9,11-14,23H,4-8H2,1-3H3/t11-,12+,13+,14-/m1/s1. The van der Waals surface area contributed by atoms with E-state index in [2.05, 4.69) is 27.2 Å². The Morgan fingerprint density at radius 3 is 2.96 bits per heavy atom. The highest BCUT2D eigenvalue weighted by atomic mass is 32.2. The van der Waals surface area contributed by atoms with Crippen molar-refractivity contribution in [1.82, 2.24) is 25.0 Å². The van der Waals surface area contributed by atoms with E-state index in [0.29, 0.717) is 17.6 Å². The topological polar surface area (TPSA) is 104 Å². The molecule has 2 fully saturated rings. The van der Waals surface area contributed by atoms with Crippen LogP contribution in [0.1, 0.15) is 39.7 Å². The van der Waals surface area contributed by atoms with E-state index in [0.717, 1.165) is 17.3 Å². The number of aliphatic hydroxyl groups excluding tert-OH is 1. The summed E-state index contributed by atoms with van der Waals surface area (Å²) in [4.78, 5) is 9.02. The molecule has 0 unspecified atom stereocenters. The quantitative estimate of drug-likeness (QED) is 0.552. The van der Waals surface area contributed by atoms with Gasteiger partial charge in [-0.3, -0.25) is 0 Å². The van der Waals surface area contributed by atoms with Crippen molar-refractivity contribution in [3.05, 3.63) is 6.20 Å². The van der Waals surface area contributed by atoms with Crippen LogP contribution in [0, 0.1) is 0 Å². The van der Waals surface area contributed by atoms with Gasteiger partial charge in [0.2, 0.25) is 0 Å². The number of ether oxygens (including phenoxy) is 3. The average Bonchev–Trinajstić information content (AvgIpc) is 3.28. The van der Waals surface area contributed by atoms with Crippen LogP contribution in [0.4, 0.5) is 0 Å². The molecular weight excluding hydrogens is 370 g/mol. The van der Waals surface area contributed by atoms with Gasteiger partial charge in [0.25, 0.3) is 0 Å². The highest BCUT2D eigenvalue weighted by Crippen LogP contribution is 2.45. The van der Waals surface area contributed by atoms with E-state index in [9.17, 15) is 0 Å². The number of aliphatic hydroxyl groups is 1. The van der Waals surface area contributed by atoms with Gasteiger partial charge in [0, 0.05) is 12.2 Å². The predicted octanol–water partition coefficient (Wildman–Crippen LogP) is 1.57. The Balaban J connectivity index is 1.65. The second kappa shape index (κ2) is 7.59. The molecule has 0 amide bonds. The summed E-state index contributed by atoms with van der Waals surface area (Å²) < 4.78 is 19.9. The van der Waals surface area contributed by atoms with Gasteiger partial charge in [0.15, 0.2) is 22.1 Å². The van der Waals surface area contributed by atoms with Gasteiger partial charge < -0.3 is 19.3 Å². The molecule has 1 saturated carbocycles. The van der Waals surface area contributed by atoms with Gasteiger partial charge in [0.1, 0.15) is 12.2 Å². The second-order valence-electron chi connectivity index (χ2n) is 7.24. The van der Waals surface area contributed by atoms with Crippen LogP contribution < -0.4 is 0 Å².